The molecule has 52 heavy (non-hydrogen) atoms. The number of benzene rings is 4. The van der Waals surface area contributed by atoms with E-state index in [1.165, 1.54) is 45.2 Å². The van der Waals surface area contributed by atoms with Gasteiger partial charge in [-0.1, -0.05) is 36.4 Å². The first kappa shape index (κ1) is 34.8. The summed E-state index contributed by atoms with van der Waals surface area (Å²) in [6, 6.07) is 25.8. The predicted molar refractivity (Wildman–Crippen MR) is 198 cm³/mol. The Morgan fingerprint density at radius 1 is 0.635 bits per heavy atom. The van der Waals surface area contributed by atoms with Crippen LogP contribution in [0, 0.1) is 20.2 Å². The highest BCUT2D eigenvalue weighted by atomic mass is 16.6. The highest BCUT2D eigenvalue weighted by molar-refractivity contribution is 5.80. The summed E-state index contributed by atoms with van der Waals surface area (Å²) in [5, 5.41) is 22.9. The lowest BCUT2D eigenvalue weighted by Crippen LogP contribution is -2.38. The second-order valence-corrected chi connectivity index (χ2v) is 11.8. The van der Waals surface area contributed by atoms with E-state index in [1.807, 2.05) is 0 Å². The van der Waals surface area contributed by atoms with E-state index < -0.39 is 9.85 Å². The van der Waals surface area contributed by atoms with Crippen molar-refractivity contribution in [1.29, 1.82) is 0 Å². The number of rotatable bonds is 12. The lowest BCUT2D eigenvalue weighted by molar-refractivity contribution is -0.385. The molecule has 0 aliphatic heterocycles. The zero-order chi connectivity index (χ0) is 36.8. The van der Waals surface area contributed by atoms with Crippen molar-refractivity contribution in [3.63, 3.8) is 0 Å². The highest BCUT2D eigenvalue weighted by Crippen LogP contribution is 2.17. The Balaban J connectivity index is 1.28. The summed E-state index contributed by atoms with van der Waals surface area (Å²) in [5.41, 5.74) is 1.63. The molecule has 2 aromatic heterocycles. The quantitative estimate of drug-likeness (QED) is 0.113. The molecule has 0 N–H and O–H groups in total. The first-order chi connectivity index (χ1) is 25.1. The van der Waals surface area contributed by atoms with Crippen molar-refractivity contribution in [2.75, 3.05) is 13.1 Å². The SMILES string of the molecule is CC(=O)N(CCn1c(/C=C/c2ccc([N+](=O)[O-])cc2)nc2ccccc2c1=O)CCn1c(/C=C/c2ccc([N+](=O)[O-])cc2)nc2ccccc2c1=O. The van der Waals surface area contributed by atoms with Crippen LogP contribution in [-0.2, 0) is 17.9 Å². The predicted octanol–water partition coefficient (Wildman–Crippen LogP) is 5.81. The molecule has 14 nitrogen and oxygen atoms in total. The first-order valence-electron chi connectivity index (χ1n) is 16.2. The average molecular weight is 698 g/mol. The molecule has 0 spiro atoms. The molecule has 6 rings (SSSR count). The summed E-state index contributed by atoms with van der Waals surface area (Å²) >= 11 is 0. The molecule has 4 aromatic carbocycles. The number of para-hydroxylation sites is 2. The summed E-state index contributed by atoms with van der Waals surface area (Å²) in [7, 11) is 0. The van der Waals surface area contributed by atoms with Gasteiger partial charge in [0.2, 0.25) is 5.91 Å². The molecule has 0 saturated carbocycles. The monoisotopic (exact) mass is 697 g/mol. The van der Waals surface area contributed by atoms with E-state index in [-0.39, 0.29) is 54.6 Å². The van der Waals surface area contributed by atoms with E-state index in [4.69, 9.17) is 9.97 Å². The van der Waals surface area contributed by atoms with Crippen molar-refractivity contribution in [3.05, 3.63) is 161 Å². The molecule has 14 heteroatoms. The summed E-state index contributed by atoms with van der Waals surface area (Å²) in [6.45, 7) is 1.84. The molecule has 0 radical (unpaired) electrons. The third kappa shape index (κ3) is 7.70. The van der Waals surface area contributed by atoms with Crippen molar-refractivity contribution in [2.45, 2.75) is 20.0 Å². The minimum atomic E-state index is -0.483. The first-order valence-corrected chi connectivity index (χ1v) is 16.2. The topological polar surface area (TPSA) is 176 Å². The molecular weight excluding hydrogens is 666 g/mol. The molecular formula is C38H31N7O7. The number of nitrogens with zero attached hydrogens (tertiary/aromatic N) is 7. The van der Waals surface area contributed by atoms with Crippen molar-refractivity contribution in [3.8, 4) is 0 Å². The van der Waals surface area contributed by atoms with Gasteiger partial charge >= 0.3 is 0 Å². The Morgan fingerprint density at radius 3 is 1.38 bits per heavy atom. The molecule has 0 saturated heterocycles. The number of carbonyl (C=O) groups excluding carboxylic acids is 1. The summed E-state index contributed by atoms with van der Waals surface area (Å²) < 4.78 is 2.95. The number of aromatic nitrogens is 4. The van der Waals surface area contributed by atoms with Crippen LogP contribution in [0.4, 0.5) is 11.4 Å². The fourth-order valence-electron chi connectivity index (χ4n) is 5.68. The van der Waals surface area contributed by atoms with E-state index in [0.29, 0.717) is 44.6 Å². The van der Waals surface area contributed by atoms with Gasteiger partial charge in [-0.05, 0) is 71.8 Å². The second-order valence-electron chi connectivity index (χ2n) is 11.8. The zero-order valence-electron chi connectivity index (χ0n) is 27.9. The largest absolute Gasteiger partial charge is 0.339 e. The number of hydrogen-bond donors (Lipinski definition) is 0. The van der Waals surface area contributed by atoms with Gasteiger partial charge in [-0.2, -0.15) is 0 Å². The Hall–Kier alpha value is -7.09. The Kier molecular flexibility index (Phi) is 10.2. The fourth-order valence-corrected chi connectivity index (χ4v) is 5.68. The molecule has 0 aliphatic carbocycles. The summed E-state index contributed by atoms with van der Waals surface area (Å²) in [5.74, 6) is 0.396. The standard InChI is InChI=1S/C38H31N7O7/c1-26(46)41(22-24-42-35(39-33-8-4-2-6-31(33)37(42)47)20-14-27-10-16-29(17-11-27)44(49)50)23-25-43-36(40-34-9-5-3-7-32(34)38(43)48)21-15-28-12-18-30(19-13-28)45(51)52/h2-21H,22-25H2,1H3/b20-14+,21-15+. The number of fused-ring (bicyclic) bond motifs is 2. The Morgan fingerprint density at radius 2 is 1.02 bits per heavy atom. The summed E-state index contributed by atoms with van der Waals surface area (Å²) in [6.07, 6.45) is 6.70. The van der Waals surface area contributed by atoms with Crippen LogP contribution in [0.1, 0.15) is 29.7 Å². The van der Waals surface area contributed by atoms with Crippen LogP contribution in [0.5, 0.6) is 0 Å². The van der Waals surface area contributed by atoms with Crippen molar-refractivity contribution in [1.82, 2.24) is 24.0 Å². The van der Waals surface area contributed by atoms with Gasteiger partial charge in [-0.3, -0.25) is 43.7 Å². The molecule has 2 heterocycles. The van der Waals surface area contributed by atoms with Gasteiger partial charge < -0.3 is 4.90 Å². The number of nitro benzene ring substituents is 2. The van der Waals surface area contributed by atoms with E-state index in [2.05, 4.69) is 0 Å². The molecule has 0 fully saturated rings. The lowest BCUT2D eigenvalue weighted by atomic mass is 10.2. The van der Waals surface area contributed by atoms with E-state index >= 15 is 0 Å². The maximum absolute atomic E-state index is 13.7. The molecule has 260 valence electrons. The van der Waals surface area contributed by atoms with Crippen LogP contribution in [0.2, 0.25) is 0 Å². The lowest BCUT2D eigenvalue weighted by Gasteiger charge is -2.23. The summed E-state index contributed by atoms with van der Waals surface area (Å²) in [4.78, 5) is 72.4. The number of non-ortho nitro benzene ring substituents is 2. The number of carbonyl (C=O) groups is 1. The van der Waals surface area contributed by atoms with Gasteiger partial charge in [-0.25, -0.2) is 9.97 Å². The molecule has 0 aliphatic rings. The maximum atomic E-state index is 13.7. The third-order valence-electron chi connectivity index (χ3n) is 8.47. The van der Waals surface area contributed by atoms with E-state index in [0.717, 1.165) is 0 Å². The highest BCUT2D eigenvalue weighted by Gasteiger charge is 2.16. The van der Waals surface area contributed by atoms with Gasteiger partial charge in [-0.15, -0.1) is 0 Å². The van der Waals surface area contributed by atoms with Crippen molar-refractivity contribution < 1.29 is 14.6 Å². The van der Waals surface area contributed by atoms with E-state index in [9.17, 15) is 34.6 Å². The van der Waals surface area contributed by atoms with Gasteiger partial charge in [0.1, 0.15) is 11.6 Å². The smallest absolute Gasteiger partial charge is 0.269 e. The normalized spacial score (nSPS) is 11.5. The number of hydrogen-bond acceptors (Lipinski definition) is 9. The molecule has 0 unspecified atom stereocenters. The van der Waals surface area contributed by atoms with Crippen LogP contribution in [0.15, 0.2) is 107 Å². The molecule has 0 bridgehead atoms. The van der Waals surface area contributed by atoms with E-state index in [1.54, 1.807) is 97.1 Å². The minimum Gasteiger partial charge on any atom is -0.339 e. The second kappa shape index (κ2) is 15.2. The van der Waals surface area contributed by atoms with Gasteiger partial charge in [0.15, 0.2) is 0 Å². The molecule has 6 aromatic rings. The maximum Gasteiger partial charge on any atom is 0.269 e. The third-order valence-corrected chi connectivity index (χ3v) is 8.47. The van der Waals surface area contributed by atoms with Crippen LogP contribution in [0.3, 0.4) is 0 Å². The zero-order valence-corrected chi connectivity index (χ0v) is 27.9. The minimum absolute atomic E-state index is 0.0448. The van der Waals surface area contributed by atoms with Gasteiger partial charge in [0.25, 0.3) is 22.5 Å². The number of amides is 1. The molecule has 1 amide bonds. The number of nitro groups is 2. The Bertz CT molecular complexity index is 2340. The average Bonchev–Trinajstić information content (AvgIpc) is 3.14. The van der Waals surface area contributed by atoms with Crippen LogP contribution < -0.4 is 11.1 Å². The van der Waals surface area contributed by atoms with Crippen molar-refractivity contribution >= 4 is 63.4 Å². The van der Waals surface area contributed by atoms with Crippen LogP contribution in [-0.4, -0.2) is 52.8 Å². The van der Waals surface area contributed by atoms with Crippen LogP contribution >= 0.6 is 0 Å². The Labute approximate surface area is 295 Å². The van der Waals surface area contributed by atoms with Gasteiger partial charge in [0.05, 0.1) is 31.7 Å². The van der Waals surface area contributed by atoms with Gasteiger partial charge in [0, 0.05) is 57.4 Å². The fraction of sp³-hybridized carbons (Fsp3) is 0.132. The van der Waals surface area contributed by atoms with Crippen molar-refractivity contribution in [2.24, 2.45) is 0 Å². The van der Waals surface area contributed by atoms with Crippen LogP contribution in [0.25, 0.3) is 46.1 Å². The molecule has 0 atom stereocenters.